The molecular formula is C22H28N8O3S. The van der Waals surface area contributed by atoms with Gasteiger partial charge in [0.2, 0.25) is 5.95 Å². The molecule has 0 spiro atoms. The van der Waals surface area contributed by atoms with E-state index in [1.165, 1.54) is 11.3 Å². The molecule has 1 aromatic carbocycles. The van der Waals surface area contributed by atoms with Gasteiger partial charge in [0.25, 0.3) is 0 Å². The molecule has 34 heavy (non-hydrogen) atoms. The molecule has 1 aliphatic rings. The second-order valence-corrected chi connectivity index (χ2v) is 8.78. The molecule has 3 heterocycles. The van der Waals surface area contributed by atoms with Gasteiger partial charge in [-0.3, -0.25) is 5.32 Å². The van der Waals surface area contributed by atoms with Crippen LogP contribution in [0.3, 0.4) is 0 Å². The first-order valence-corrected chi connectivity index (χ1v) is 11.8. The van der Waals surface area contributed by atoms with E-state index in [1.807, 2.05) is 43.3 Å². The van der Waals surface area contributed by atoms with Crippen LogP contribution in [0.4, 0.5) is 38.4 Å². The molecule has 0 atom stereocenters. The summed E-state index contributed by atoms with van der Waals surface area (Å²) >= 11 is 1.37. The van der Waals surface area contributed by atoms with E-state index in [4.69, 9.17) is 10.5 Å². The molecule has 0 radical (unpaired) electrons. The summed E-state index contributed by atoms with van der Waals surface area (Å²) < 4.78 is 5.00. The number of hydrogen-bond acceptors (Lipinski definition) is 9. The van der Waals surface area contributed by atoms with Crippen molar-refractivity contribution in [1.29, 1.82) is 0 Å². The standard InChI is InChI=1S/C22H28N8O3S/c1-4-33-22(32)25-16-13-34-19-17(16)18(26-20(23)27-19)29-9-11-30(12-10-29)21(31)24-14-5-7-15(8-6-14)28(2)3/h5-8,13H,4,9-12H2,1-3H3,(H,24,31)(H,25,32)(H2,23,26,27). The van der Waals surface area contributed by atoms with Crippen LogP contribution in [-0.2, 0) is 4.74 Å². The number of aromatic nitrogens is 2. The molecular weight excluding hydrogens is 456 g/mol. The van der Waals surface area contributed by atoms with Gasteiger partial charge in [0.1, 0.15) is 10.6 Å². The van der Waals surface area contributed by atoms with Crippen LogP contribution in [0.15, 0.2) is 29.6 Å². The second-order valence-electron chi connectivity index (χ2n) is 7.93. The highest BCUT2D eigenvalue weighted by Crippen LogP contribution is 2.36. The van der Waals surface area contributed by atoms with Gasteiger partial charge in [-0.2, -0.15) is 4.98 Å². The minimum absolute atomic E-state index is 0.148. The maximum atomic E-state index is 12.8. The van der Waals surface area contributed by atoms with Gasteiger partial charge in [-0.15, -0.1) is 11.3 Å². The van der Waals surface area contributed by atoms with E-state index < -0.39 is 6.09 Å². The number of rotatable bonds is 5. The summed E-state index contributed by atoms with van der Waals surface area (Å²) in [5.74, 6) is 0.795. The van der Waals surface area contributed by atoms with Crippen LogP contribution in [-0.4, -0.2) is 73.9 Å². The number of thiophene rings is 1. The van der Waals surface area contributed by atoms with Crippen molar-refractivity contribution < 1.29 is 14.3 Å². The predicted molar refractivity (Wildman–Crippen MR) is 136 cm³/mol. The zero-order valence-electron chi connectivity index (χ0n) is 19.4. The summed E-state index contributed by atoms with van der Waals surface area (Å²) in [6.07, 6.45) is -0.537. The van der Waals surface area contributed by atoms with E-state index in [1.54, 1.807) is 17.2 Å². The Balaban J connectivity index is 1.45. The lowest BCUT2D eigenvalue weighted by atomic mass is 10.2. The van der Waals surface area contributed by atoms with Crippen molar-refractivity contribution in [3.8, 4) is 0 Å². The number of urea groups is 1. The molecule has 0 bridgehead atoms. The SMILES string of the molecule is CCOC(=O)Nc1csc2nc(N)nc(N3CCN(C(=O)Nc4ccc(N(C)C)cc4)CC3)c12. The number of nitrogen functional groups attached to an aromatic ring is 1. The lowest BCUT2D eigenvalue weighted by molar-refractivity contribution is 0.168. The number of benzene rings is 1. The molecule has 2 aromatic heterocycles. The van der Waals surface area contributed by atoms with E-state index in [2.05, 4.69) is 25.5 Å². The van der Waals surface area contributed by atoms with Gasteiger partial charge in [-0.25, -0.2) is 14.6 Å². The van der Waals surface area contributed by atoms with Crippen molar-refractivity contribution in [2.24, 2.45) is 0 Å². The molecule has 4 N–H and O–H groups in total. The zero-order chi connectivity index (χ0) is 24.2. The highest BCUT2D eigenvalue weighted by atomic mass is 32.1. The quantitative estimate of drug-likeness (QED) is 0.503. The van der Waals surface area contributed by atoms with Crippen LogP contribution >= 0.6 is 11.3 Å². The highest BCUT2D eigenvalue weighted by molar-refractivity contribution is 7.17. The molecule has 1 saturated heterocycles. The van der Waals surface area contributed by atoms with E-state index in [0.717, 1.165) is 11.4 Å². The lowest BCUT2D eigenvalue weighted by Gasteiger charge is -2.35. The molecule has 0 saturated carbocycles. The summed E-state index contributed by atoms with van der Waals surface area (Å²) in [5.41, 5.74) is 8.34. The first kappa shape index (κ1) is 23.4. The Labute approximate surface area is 201 Å². The van der Waals surface area contributed by atoms with Gasteiger partial charge in [-0.1, -0.05) is 0 Å². The van der Waals surface area contributed by atoms with Crippen molar-refractivity contribution in [3.63, 3.8) is 0 Å². The third-order valence-corrected chi connectivity index (χ3v) is 6.32. The average molecular weight is 485 g/mol. The Morgan fingerprint density at radius 3 is 2.47 bits per heavy atom. The molecule has 0 aliphatic carbocycles. The van der Waals surface area contributed by atoms with Crippen LogP contribution in [0.5, 0.6) is 0 Å². The summed E-state index contributed by atoms with van der Waals surface area (Å²) in [6, 6.07) is 7.55. The van der Waals surface area contributed by atoms with E-state index >= 15 is 0 Å². The zero-order valence-corrected chi connectivity index (χ0v) is 20.2. The molecule has 1 aliphatic heterocycles. The lowest BCUT2D eigenvalue weighted by Crippen LogP contribution is -2.50. The Hall–Kier alpha value is -3.80. The number of nitrogens with two attached hydrogens (primary N) is 1. The van der Waals surface area contributed by atoms with Crippen LogP contribution in [0.25, 0.3) is 10.2 Å². The highest BCUT2D eigenvalue weighted by Gasteiger charge is 2.26. The van der Waals surface area contributed by atoms with E-state index in [9.17, 15) is 9.59 Å². The average Bonchev–Trinajstić information content (AvgIpc) is 3.21. The van der Waals surface area contributed by atoms with E-state index in [0.29, 0.717) is 47.9 Å². The fourth-order valence-electron chi connectivity index (χ4n) is 3.70. The van der Waals surface area contributed by atoms with Gasteiger partial charge in [0.15, 0.2) is 0 Å². The van der Waals surface area contributed by atoms with Gasteiger partial charge in [-0.05, 0) is 31.2 Å². The summed E-state index contributed by atoms with van der Waals surface area (Å²) in [7, 11) is 3.94. The van der Waals surface area contributed by atoms with Gasteiger partial charge in [0, 0.05) is 57.0 Å². The number of nitrogens with zero attached hydrogens (tertiary/aromatic N) is 5. The monoisotopic (exact) mass is 484 g/mol. The fraction of sp³-hybridized carbons (Fsp3) is 0.364. The van der Waals surface area contributed by atoms with Gasteiger partial charge >= 0.3 is 12.1 Å². The minimum atomic E-state index is -0.537. The van der Waals surface area contributed by atoms with Crippen molar-refractivity contribution in [2.45, 2.75) is 6.92 Å². The first-order chi connectivity index (χ1) is 16.4. The summed E-state index contributed by atoms with van der Waals surface area (Å²) in [6.45, 7) is 4.17. The number of hydrogen-bond donors (Lipinski definition) is 3. The second kappa shape index (κ2) is 10.00. The largest absolute Gasteiger partial charge is 0.450 e. The van der Waals surface area contributed by atoms with Crippen molar-refractivity contribution in [1.82, 2.24) is 14.9 Å². The molecule has 11 nitrogen and oxygen atoms in total. The Morgan fingerprint density at radius 1 is 1.12 bits per heavy atom. The van der Waals surface area contributed by atoms with E-state index in [-0.39, 0.29) is 18.6 Å². The number of fused-ring (bicyclic) bond motifs is 1. The number of piperazine rings is 1. The molecule has 4 rings (SSSR count). The van der Waals surface area contributed by atoms with Crippen LogP contribution in [0, 0.1) is 0 Å². The normalized spacial score (nSPS) is 13.6. The maximum Gasteiger partial charge on any atom is 0.411 e. The molecule has 180 valence electrons. The van der Waals surface area contributed by atoms with Crippen molar-refractivity contribution in [2.75, 3.05) is 73.0 Å². The summed E-state index contributed by atoms with van der Waals surface area (Å²) in [5, 5.41) is 8.22. The van der Waals surface area contributed by atoms with Crippen LogP contribution in [0.2, 0.25) is 0 Å². The maximum absolute atomic E-state index is 12.8. The van der Waals surface area contributed by atoms with Crippen molar-refractivity contribution >= 4 is 62.5 Å². The molecule has 3 amide bonds. The number of ether oxygens (including phenoxy) is 1. The summed E-state index contributed by atoms with van der Waals surface area (Å²) in [4.78, 5) is 40.0. The third kappa shape index (κ3) is 5.06. The number of anilines is 5. The van der Waals surface area contributed by atoms with Gasteiger partial charge < -0.3 is 30.5 Å². The third-order valence-electron chi connectivity index (χ3n) is 5.45. The number of nitrogens with one attached hydrogen (secondary N) is 2. The topological polar surface area (TPSA) is 129 Å². The molecule has 0 unspecified atom stereocenters. The van der Waals surface area contributed by atoms with Crippen LogP contribution in [0.1, 0.15) is 6.92 Å². The number of amides is 3. The first-order valence-electron chi connectivity index (χ1n) is 10.9. The Kier molecular flexibility index (Phi) is 6.87. The number of carbonyl (C=O) groups is 2. The molecule has 3 aromatic rings. The minimum Gasteiger partial charge on any atom is -0.450 e. The van der Waals surface area contributed by atoms with Crippen molar-refractivity contribution in [3.05, 3.63) is 29.6 Å². The van der Waals surface area contributed by atoms with Gasteiger partial charge in [0.05, 0.1) is 17.7 Å². The Morgan fingerprint density at radius 2 is 1.82 bits per heavy atom. The smallest absolute Gasteiger partial charge is 0.411 e. The molecule has 1 fully saturated rings. The Bertz CT molecular complexity index is 1170. The predicted octanol–water partition coefficient (Wildman–Crippen LogP) is 3.26. The number of carbonyl (C=O) groups excluding carboxylic acids is 2. The fourth-order valence-corrected chi connectivity index (χ4v) is 4.58. The van der Waals surface area contributed by atoms with Crippen LogP contribution < -0.4 is 26.2 Å². The molecule has 12 heteroatoms.